The third-order valence-electron chi connectivity index (χ3n) is 5.14. The van der Waals surface area contributed by atoms with E-state index < -0.39 is 12.6 Å². The van der Waals surface area contributed by atoms with E-state index in [1.54, 1.807) is 36.5 Å². The Hall–Kier alpha value is -3.64. The maximum atomic E-state index is 10.9. The highest BCUT2D eigenvalue weighted by Crippen LogP contribution is 2.34. The molecule has 0 radical (unpaired) electrons. The molecule has 6 nitrogen and oxygen atoms in total. The second kappa shape index (κ2) is 10.3. The molecule has 4 rings (SSSR count). The van der Waals surface area contributed by atoms with E-state index in [4.69, 9.17) is 31.2 Å². The quantitative estimate of drug-likeness (QED) is 0.304. The molecule has 0 atom stereocenters. The van der Waals surface area contributed by atoms with Crippen LogP contribution in [-0.4, -0.2) is 27.7 Å². The minimum atomic E-state index is -1.02. The molecule has 0 unspecified atom stereocenters. The predicted molar refractivity (Wildman–Crippen MR) is 128 cm³/mol. The van der Waals surface area contributed by atoms with Crippen molar-refractivity contribution >= 4 is 28.3 Å². The molecule has 4 aromatic rings. The molecule has 0 aliphatic carbocycles. The number of aromatic nitrogens is 2. The molecular weight excluding hydrogens is 440 g/mol. The molecule has 0 aliphatic heterocycles. The molecule has 0 amide bonds. The van der Waals surface area contributed by atoms with Gasteiger partial charge in [0.2, 0.25) is 0 Å². The van der Waals surface area contributed by atoms with Gasteiger partial charge in [-0.2, -0.15) is 4.98 Å². The van der Waals surface area contributed by atoms with Crippen LogP contribution in [0.15, 0.2) is 66.9 Å². The van der Waals surface area contributed by atoms with Crippen LogP contribution in [0.25, 0.3) is 21.9 Å². The van der Waals surface area contributed by atoms with Crippen molar-refractivity contribution in [3.63, 3.8) is 0 Å². The fourth-order valence-electron chi connectivity index (χ4n) is 3.54. The Bertz CT molecular complexity index is 1280. The Balaban J connectivity index is 1.73. The van der Waals surface area contributed by atoms with Gasteiger partial charge in [0.1, 0.15) is 11.5 Å². The molecule has 168 valence electrons. The van der Waals surface area contributed by atoms with Gasteiger partial charge in [-0.1, -0.05) is 49.2 Å². The molecule has 33 heavy (non-hydrogen) atoms. The molecule has 0 fully saturated rings. The van der Waals surface area contributed by atoms with Gasteiger partial charge < -0.3 is 14.6 Å². The standard InChI is InChI=1S/C26H23ClN2O4/c1-2-3-7-24-23(15-28-26(29-24)33-19-12-9-18(27)10-13-19)21-6-4-5-17-8-11-20(14-22(17)21)32-16-25(30)31/h4-6,8-15H,2-3,7,16H2,1H3,(H,30,31). The maximum Gasteiger partial charge on any atom is 0.341 e. The number of rotatable bonds is 9. The molecule has 7 heteroatoms. The van der Waals surface area contributed by atoms with Gasteiger partial charge in [0.15, 0.2) is 6.61 Å². The van der Waals surface area contributed by atoms with E-state index in [0.29, 0.717) is 16.5 Å². The highest BCUT2D eigenvalue weighted by molar-refractivity contribution is 6.30. The molecule has 3 aromatic carbocycles. The van der Waals surface area contributed by atoms with Crippen LogP contribution < -0.4 is 9.47 Å². The molecule has 0 bridgehead atoms. The first kappa shape index (κ1) is 22.6. The summed E-state index contributed by atoms with van der Waals surface area (Å²) in [6.07, 6.45) is 4.56. The van der Waals surface area contributed by atoms with Gasteiger partial charge in [-0.3, -0.25) is 0 Å². The molecule has 0 aliphatic rings. The average Bonchev–Trinajstić information content (AvgIpc) is 2.82. The first-order valence-electron chi connectivity index (χ1n) is 10.7. The molecule has 0 saturated heterocycles. The smallest absolute Gasteiger partial charge is 0.341 e. The molecule has 1 aromatic heterocycles. The van der Waals surface area contributed by atoms with Crippen molar-refractivity contribution in [2.45, 2.75) is 26.2 Å². The highest BCUT2D eigenvalue weighted by Gasteiger charge is 2.14. The van der Waals surface area contributed by atoms with Crippen LogP contribution in [0.4, 0.5) is 0 Å². The number of fused-ring (bicyclic) bond motifs is 1. The zero-order valence-electron chi connectivity index (χ0n) is 18.1. The van der Waals surface area contributed by atoms with Gasteiger partial charge in [0.05, 0.1) is 5.69 Å². The van der Waals surface area contributed by atoms with Gasteiger partial charge in [0.25, 0.3) is 0 Å². The Morgan fingerprint density at radius 2 is 1.82 bits per heavy atom. The number of benzene rings is 3. The van der Waals surface area contributed by atoms with Gasteiger partial charge >= 0.3 is 12.0 Å². The van der Waals surface area contributed by atoms with E-state index in [1.165, 1.54) is 0 Å². The first-order chi connectivity index (χ1) is 16.0. The predicted octanol–water partition coefficient (Wildman–Crippen LogP) is 6.55. The van der Waals surface area contributed by atoms with E-state index in [2.05, 4.69) is 11.9 Å². The van der Waals surface area contributed by atoms with Crippen molar-refractivity contribution in [2.24, 2.45) is 0 Å². The van der Waals surface area contributed by atoms with Crippen LogP contribution in [-0.2, 0) is 11.2 Å². The summed E-state index contributed by atoms with van der Waals surface area (Å²) < 4.78 is 11.2. The van der Waals surface area contributed by atoms with Gasteiger partial charge in [-0.25, -0.2) is 9.78 Å². The number of ether oxygens (including phenoxy) is 2. The summed E-state index contributed by atoms with van der Waals surface area (Å²) in [6, 6.07) is 18.9. The van der Waals surface area contributed by atoms with Crippen LogP contribution in [0.1, 0.15) is 25.5 Å². The lowest BCUT2D eigenvalue weighted by molar-refractivity contribution is -0.139. The van der Waals surface area contributed by atoms with E-state index in [1.807, 2.05) is 30.3 Å². The van der Waals surface area contributed by atoms with E-state index in [9.17, 15) is 4.79 Å². The van der Waals surface area contributed by atoms with Crippen LogP contribution in [0.2, 0.25) is 5.02 Å². The number of carboxylic acids is 1. The van der Waals surface area contributed by atoms with Gasteiger partial charge in [0, 0.05) is 16.8 Å². The number of carboxylic acid groups (broad SMARTS) is 1. The van der Waals surface area contributed by atoms with Crippen LogP contribution in [0, 0.1) is 0 Å². The third kappa shape index (κ3) is 5.59. The largest absolute Gasteiger partial charge is 0.482 e. The van der Waals surface area contributed by atoms with Crippen molar-refractivity contribution in [2.75, 3.05) is 6.61 Å². The Morgan fingerprint density at radius 3 is 2.58 bits per heavy atom. The fourth-order valence-corrected chi connectivity index (χ4v) is 3.66. The summed E-state index contributed by atoms with van der Waals surface area (Å²) in [5, 5.41) is 11.5. The van der Waals surface area contributed by atoms with Crippen LogP contribution >= 0.6 is 11.6 Å². The number of unbranched alkanes of at least 4 members (excludes halogenated alkanes) is 1. The third-order valence-corrected chi connectivity index (χ3v) is 5.39. The SMILES string of the molecule is CCCCc1nc(Oc2ccc(Cl)cc2)ncc1-c1cccc2ccc(OCC(=O)O)cc12. The Kier molecular flexibility index (Phi) is 7.05. The monoisotopic (exact) mass is 462 g/mol. The fraction of sp³-hybridized carbons (Fsp3) is 0.192. The molecule has 1 N–H and O–H groups in total. The number of aryl methyl sites for hydroxylation is 1. The van der Waals surface area contributed by atoms with E-state index in [0.717, 1.165) is 46.9 Å². The zero-order chi connectivity index (χ0) is 23.2. The van der Waals surface area contributed by atoms with E-state index >= 15 is 0 Å². The number of carbonyl (C=O) groups is 1. The van der Waals surface area contributed by atoms with Crippen LogP contribution in [0.5, 0.6) is 17.5 Å². The lowest BCUT2D eigenvalue weighted by atomic mass is 9.96. The Morgan fingerprint density at radius 1 is 1.03 bits per heavy atom. The summed E-state index contributed by atoms with van der Waals surface area (Å²) in [5.41, 5.74) is 2.76. The molecule has 0 spiro atoms. The molecule has 0 saturated carbocycles. The second-order valence-electron chi connectivity index (χ2n) is 7.54. The van der Waals surface area contributed by atoms with Crippen molar-refractivity contribution in [3.05, 3.63) is 77.6 Å². The van der Waals surface area contributed by atoms with Crippen molar-refractivity contribution in [1.82, 2.24) is 9.97 Å². The van der Waals surface area contributed by atoms with Crippen molar-refractivity contribution < 1.29 is 19.4 Å². The van der Waals surface area contributed by atoms with Gasteiger partial charge in [-0.05, 0) is 65.6 Å². The summed E-state index contributed by atoms with van der Waals surface area (Å²) >= 11 is 5.95. The molecule has 1 heterocycles. The Labute approximate surface area is 196 Å². The number of hydrogen-bond acceptors (Lipinski definition) is 5. The summed E-state index contributed by atoms with van der Waals surface area (Å²) in [7, 11) is 0. The maximum absolute atomic E-state index is 10.9. The summed E-state index contributed by atoms with van der Waals surface area (Å²) in [4.78, 5) is 20.1. The average molecular weight is 463 g/mol. The second-order valence-corrected chi connectivity index (χ2v) is 7.98. The van der Waals surface area contributed by atoms with Crippen molar-refractivity contribution in [1.29, 1.82) is 0 Å². The number of nitrogens with zero attached hydrogens (tertiary/aromatic N) is 2. The highest BCUT2D eigenvalue weighted by atomic mass is 35.5. The van der Waals surface area contributed by atoms with Crippen LogP contribution in [0.3, 0.4) is 0 Å². The summed E-state index contributed by atoms with van der Waals surface area (Å²) in [5.74, 6) is 0.0879. The zero-order valence-corrected chi connectivity index (χ0v) is 18.9. The first-order valence-corrected chi connectivity index (χ1v) is 11.1. The lowest BCUT2D eigenvalue weighted by Gasteiger charge is -2.14. The van der Waals surface area contributed by atoms with E-state index in [-0.39, 0.29) is 6.01 Å². The lowest BCUT2D eigenvalue weighted by Crippen LogP contribution is -2.09. The summed E-state index contributed by atoms with van der Waals surface area (Å²) in [6.45, 7) is 1.74. The van der Waals surface area contributed by atoms with Crippen molar-refractivity contribution in [3.8, 4) is 28.6 Å². The number of hydrogen-bond donors (Lipinski definition) is 1. The van der Waals surface area contributed by atoms with Gasteiger partial charge in [-0.15, -0.1) is 0 Å². The minimum Gasteiger partial charge on any atom is -0.482 e. The minimum absolute atomic E-state index is 0.276. The topological polar surface area (TPSA) is 81.5 Å². The number of halogens is 1. The molecular formula is C26H23ClN2O4. The number of aliphatic carboxylic acids is 1. The normalized spacial score (nSPS) is 10.8.